The normalized spacial score (nSPS) is 24.1. The summed E-state index contributed by atoms with van der Waals surface area (Å²) < 4.78 is 0. The number of rotatable bonds is 2. The van der Waals surface area contributed by atoms with Crippen molar-refractivity contribution < 1.29 is 4.79 Å². The summed E-state index contributed by atoms with van der Waals surface area (Å²) in [5.41, 5.74) is 11.3. The van der Waals surface area contributed by atoms with Gasteiger partial charge in [0.25, 0.3) is 0 Å². The van der Waals surface area contributed by atoms with Gasteiger partial charge >= 0.3 is 0 Å². The minimum absolute atomic E-state index is 0.103. The number of carbonyl (C=O) groups is 1. The lowest BCUT2D eigenvalue weighted by molar-refractivity contribution is -0.130. The van der Waals surface area contributed by atoms with Gasteiger partial charge in [0, 0.05) is 13.1 Å². The lowest BCUT2D eigenvalue weighted by Gasteiger charge is -2.29. The van der Waals surface area contributed by atoms with Crippen LogP contribution in [0.25, 0.3) is 0 Å². The molecule has 0 spiro atoms. The third-order valence-electron chi connectivity index (χ3n) is 2.25. The van der Waals surface area contributed by atoms with Gasteiger partial charge in [0.15, 0.2) is 5.96 Å². The van der Waals surface area contributed by atoms with Gasteiger partial charge in [0.2, 0.25) is 5.91 Å². The number of carbonyl (C=O) groups excluding carboxylic acids is 1. The Kier molecular flexibility index (Phi) is 3.88. The Morgan fingerprint density at radius 3 is 3.07 bits per heavy atom. The first-order valence-corrected chi connectivity index (χ1v) is 5.03. The molecule has 5 nitrogen and oxygen atoms in total. The maximum atomic E-state index is 11.6. The first-order valence-electron chi connectivity index (χ1n) is 5.03. The molecule has 1 saturated heterocycles. The molecule has 0 aromatic heterocycles. The number of piperidine rings is 1. The van der Waals surface area contributed by atoms with E-state index in [1.165, 1.54) is 4.90 Å². The molecule has 1 fully saturated rings. The minimum Gasteiger partial charge on any atom is -0.369 e. The zero-order chi connectivity index (χ0) is 10.6. The molecule has 80 valence electrons. The summed E-state index contributed by atoms with van der Waals surface area (Å²) >= 11 is 0. The van der Waals surface area contributed by atoms with Crippen molar-refractivity contribution in [3.8, 4) is 0 Å². The highest BCUT2D eigenvalue weighted by atomic mass is 16.2. The van der Waals surface area contributed by atoms with Crippen LogP contribution in [0.2, 0.25) is 0 Å². The Balaban J connectivity index is 2.61. The van der Waals surface area contributed by atoms with Crippen LogP contribution in [0, 0.1) is 0 Å². The summed E-state index contributed by atoms with van der Waals surface area (Å²) in [6, 6.07) is -0.404. The topological polar surface area (TPSA) is 84.7 Å². The number of nitrogens with zero attached hydrogens (tertiary/aromatic N) is 2. The highest BCUT2D eigenvalue weighted by Gasteiger charge is 2.27. The Bertz CT molecular complexity index is 239. The molecule has 1 aliphatic heterocycles. The standard InChI is InChI=1S/C9H18N4O/c1-2-5-12-9(11)13-6-3-4-7(10)8(13)14/h7H,2-6,10H2,1H3,(H2,11,12)/t7-/m0/s1. The fourth-order valence-electron chi connectivity index (χ4n) is 1.44. The molecule has 0 radical (unpaired) electrons. The van der Waals surface area contributed by atoms with Crippen molar-refractivity contribution in [2.75, 3.05) is 13.1 Å². The van der Waals surface area contributed by atoms with Gasteiger partial charge in [-0.3, -0.25) is 14.7 Å². The van der Waals surface area contributed by atoms with Crippen LogP contribution in [0.3, 0.4) is 0 Å². The third-order valence-corrected chi connectivity index (χ3v) is 2.25. The van der Waals surface area contributed by atoms with E-state index in [1.54, 1.807) is 0 Å². The predicted octanol–water partition coefficient (Wildman–Crippen LogP) is -0.339. The van der Waals surface area contributed by atoms with E-state index in [-0.39, 0.29) is 5.91 Å². The van der Waals surface area contributed by atoms with Gasteiger partial charge in [0.1, 0.15) is 0 Å². The molecule has 0 aromatic carbocycles. The lowest BCUT2D eigenvalue weighted by atomic mass is 10.1. The van der Waals surface area contributed by atoms with Gasteiger partial charge in [-0.25, -0.2) is 0 Å². The highest BCUT2D eigenvalue weighted by Crippen LogP contribution is 2.09. The van der Waals surface area contributed by atoms with Crippen LogP contribution in [0.15, 0.2) is 4.99 Å². The van der Waals surface area contributed by atoms with Gasteiger partial charge in [-0.15, -0.1) is 0 Å². The molecule has 1 heterocycles. The molecule has 4 N–H and O–H groups in total. The molecule has 0 bridgehead atoms. The zero-order valence-corrected chi connectivity index (χ0v) is 8.57. The van der Waals surface area contributed by atoms with Gasteiger partial charge in [0.05, 0.1) is 6.04 Å². The van der Waals surface area contributed by atoms with Crippen LogP contribution >= 0.6 is 0 Å². The third kappa shape index (κ3) is 2.45. The zero-order valence-electron chi connectivity index (χ0n) is 8.57. The van der Waals surface area contributed by atoms with Crippen LogP contribution in [0.4, 0.5) is 0 Å². The Hall–Kier alpha value is -1.10. The van der Waals surface area contributed by atoms with E-state index < -0.39 is 6.04 Å². The molecule has 5 heteroatoms. The number of guanidine groups is 1. The number of amides is 1. The van der Waals surface area contributed by atoms with Crippen molar-refractivity contribution in [1.82, 2.24) is 4.90 Å². The van der Waals surface area contributed by atoms with Crippen LogP contribution < -0.4 is 11.5 Å². The molecule has 14 heavy (non-hydrogen) atoms. The molecule has 1 rings (SSSR count). The van der Waals surface area contributed by atoms with Gasteiger partial charge in [-0.2, -0.15) is 0 Å². The number of likely N-dealkylation sites (tertiary alicyclic amines) is 1. The van der Waals surface area contributed by atoms with Crippen LogP contribution in [-0.2, 0) is 4.79 Å². The molecular formula is C9H18N4O. The number of hydrogen-bond donors (Lipinski definition) is 2. The summed E-state index contributed by atoms with van der Waals surface area (Å²) in [4.78, 5) is 17.2. The largest absolute Gasteiger partial charge is 0.369 e. The van der Waals surface area contributed by atoms with Crippen molar-refractivity contribution in [3.63, 3.8) is 0 Å². The molecule has 0 aliphatic carbocycles. The molecular weight excluding hydrogens is 180 g/mol. The first-order chi connectivity index (χ1) is 6.66. The monoisotopic (exact) mass is 198 g/mol. The number of hydrogen-bond acceptors (Lipinski definition) is 3. The maximum absolute atomic E-state index is 11.6. The van der Waals surface area contributed by atoms with E-state index in [4.69, 9.17) is 11.5 Å². The van der Waals surface area contributed by atoms with Gasteiger partial charge in [-0.1, -0.05) is 6.92 Å². The average Bonchev–Trinajstić information content (AvgIpc) is 2.18. The van der Waals surface area contributed by atoms with Crippen molar-refractivity contribution in [3.05, 3.63) is 0 Å². The Morgan fingerprint density at radius 1 is 1.71 bits per heavy atom. The van der Waals surface area contributed by atoms with Crippen molar-refractivity contribution in [2.45, 2.75) is 32.2 Å². The second kappa shape index (κ2) is 4.95. The summed E-state index contributed by atoms with van der Waals surface area (Å²) in [6.07, 6.45) is 2.57. The molecule has 0 aromatic rings. The summed E-state index contributed by atoms with van der Waals surface area (Å²) in [6.45, 7) is 3.32. The van der Waals surface area contributed by atoms with E-state index in [2.05, 4.69) is 4.99 Å². The lowest BCUT2D eigenvalue weighted by Crippen LogP contribution is -2.53. The number of nitrogens with two attached hydrogens (primary N) is 2. The average molecular weight is 198 g/mol. The van der Waals surface area contributed by atoms with E-state index in [9.17, 15) is 4.79 Å². The predicted molar refractivity (Wildman–Crippen MR) is 55.7 cm³/mol. The van der Waals surface area contributed by atoms with Crippen LogP contribution in [0.1, 0.15) is 26.2 Å². The quantitative estimate of drug-likeness (QED) is 0.470. The van der Waals surface area contributed by atoms with E-state index >= 15 is 0 Å². The van der Waals surface area contributed by atoms with Crippen LogP contribution in [-0.4, -0.2) is 35.9 Å². The van der Waals surface area contributed by atoms with E-state index in [0.717, 1.165) is 19.3 Å². The highest BCUT2D eigenvalue weighted by molar-refractivity contribution is 5.99. The van der Waals surface area contributed by atoms with Gasteiger partial charge in [-0.05, 0) is 19.3 Å². The molecule has 1 amide bonds. The molecule has 1 atom stereocenters. The SMILES string of the molecule is CCCN=C(N)N1CCC[C@H](N)C1=O. The van der Waals surface area contributed by atoms with E-state index in [0.29, 0.717) is 19.0 Å². The Morgan fingerprint density at radius 2 is 2.43 bits per heavy atom. The Labute approximate surface area is 84.1 Å². The number of aliphatic imine (C=N–C) groups is 1. The van der Waals surface area contributed by atoms with Crippen molar-refractivity contribution in [1.29, 1.82) is 0 Å². The molecule has 0 saturated carbocycles. The first kappa shape index (κ1) is 11.0. The fourth-order valence-corrected chi connectivity index (χ4v) is 1.44. The van der Waals surface area contributed by atoms with Crippen molar-refractivity contribution >= 4 is 11.9 Å². The molecule has 0 unspecified atom stereocenters. The molecule has 1 aliphatic rings. The summed E-state index contributed by atoms with van der Waals surface area (Å²) in [5, 5.41) is 0. The maximum Gasteiger partial charge on any atom is 0.246 e. The smallest absolute Gasteiger partial charge is 0.246 e. The van der Waals surface area contributed by atoms with Crippen molar-refractivity contribution in [2.24, 2.45) is 16.5 Å². The van der Waals surface area contributed by atoms with Gasteiger partial charge < -0.3 is 11.5 Å². The van der Waals surface area contributed by atoms with Crippen LogP contribution in [0.5, 0.6) is 0 Å². The summed E-state index contributed by atoms with van der Waals surface area (Å²) in [5.74, 6) is 0.209. The fraction of sp³-hybridized carbons (Fsp3) is 0.778. The second-order valence-electron chi connectivity index (χ2n) is 3.48. The second-order valence-corrected chi connectivity index (χ2v) is 3.48. The minimum atomic E-state index is -0.404. The van der Waals surface area contributed by atoms with E-state index in [1.807, 2.05) is 6.92 Å². The summed E-state index contributed by atoms with van der Waals surface area (Å²) in [7, 11) is 0.